The molecule has 33 heavy (non-hydrogen) atoms. The molecule has 1 aliphatic rings. The predicted molar refractivity (Wildman–Crippen MR) is 126 cm³/mol. The summed E-state index contributed by atoms with van der Waals surface area (Å²) in [6.45, 7) is 0. The van der Waals surface area contributed by atoms with Gasteiger partial charge in [0.15, 0.2) is 11.9 Å². The molecular formula is C27H20ClNO4. The number of carbonyl (C=O) groups is 3. The van der Waals surface area contributed by atoms with Crippen molar-refractivity contribution in [1.82, 2.24) is 4.90 Å². The van der Waals surface area contributed by atoms with Gasteiger partial charge in [-0.05, 0) is 41.5 Å². The SMILES string of the molecule is O=C(O[C@H]1C(=O)C=CN(C(=O)/C=C/c2ccccc2)[C@@H]1c1ccccc1)c1ccc(Cl)cc1. The zero-order valence-electron chi connectivity index (χ0n) is 17.5. The predicted octanol–water partition coefficient (Wildman–Crippen LogP) is 5.25. The molecule has 2 atom stereocenters. The normalized spacial score (nSPS) is 17.8. The number of halogens is 1. The Balaban J connectivity index is 1.65. The summed E-state index contributed by atoms with van der Waals surface area (Å²) in [4.78, 5) is 40.1. The van der Waals surface area contributed by atoms with Crippen molar-refractivity contribution in [3.63, 3.8) is 0 Å². The van der Waals surface area contributed by atoms with Crippen LogP contribution in [-0.4, -0.2) is 28.7 Å². The second-order valence-corrected chi connectivity index (χ2v) is 7.83. The van der Waals surface area contributed by atoms with Crippen molar-refractivity contribution in [2.45, 2.75) is 12.1 Å². The summed E-state index contributed by atoms with van der Waals surface area (Å²) in [5.41, 5.74) is 1.80. The van der Waals surface area contributed by atoms with E-state index in [4.69, 9.17) is 16.3 Å². The third kappa shape index (κ3) is 5.27. The van der Waals surface area contributed by atoms with Gasteiger partial charge in [-0.3, -0.25) is 9.59 Å². The summed E-state index contributed by atoms with van der Waals surface area (Å²) in [5.74, 6) is -1.42. The minimum absolute atomic E-state index is 0.260. The molecule has 1 amide bonds. The molecule has 5 nitrogen and oxygen atoms in total. The van der Waals surface area contributed by atoms with Crippen molar-refractivity contribution in [2.75, 3.05) is 0 Å². The molecule has 0 aromatic heterocycles. The first-order chi connectivity index (χ1) is 16.0. The van der Waals surface area contributed by atoms with Gasteiger partial charge >= 0.3 is 5.97 Å². The highest BCUT2D eigenvalue weighted by molar-refractivity contribution is 6.30. The minimum atomic E-state index is -1.20. The van der Waals surface area contributed by atoms with Gasteiger partial charge in [0.05, 0.1) is 5.56 Å². The topological polar surface area (TPSA) is 63.7 Å². The van der Waals surface area contributed by atoms with Crippen LogP contribution >= 0.6 is 11.6 Å². The Hall–Kier alpha value is -3.96. The molecule has 6 heteroatoms. The molecule has 164 valence electrons. The Bertz CT molecular complexity index is 1200. The molecule has 0 N–H and O–H groups in total. The third-order valence-electron chi connectivity index (χ3n) is 5.19. The summed E-state index contributed by atoms with van der Waals surface area (Å²) < 4.78 is 5.64. The maximum atomic E-state index is 13.1. The zero-order chi connectivity index (χ0) is 23.2. The summed E-state index contributed by atoms with van der Waals surface area (Å²) in [6.07, 6.45) is 4.62. The largest absolute Gasteiger partial charge is 0.448 e. The van der Waals surface area contributed by atoms with Gasteiger partial charge in [-0.25, -0.2) is 4.79 Å². The van der Waals surface area contributed by atoms with Gasteiger partial charge in [0.2, 0.25) is 0 Å². The summed E-state index contributed by atoms with van der Waals surface area (Å²) in [5, 5.41) is 0.479. The van der Waals surface area contributed by atoms with E-state index in [0.717, 1.165) is 5.56 Å². The van der Waals surface area contributed by atoms with Gasteiger partial charge in [0, 0.05) is 23.4 Å². The number of amides is 1. The van der Waals surface area contributed by atoms with E-state index >= 15 is 0 Å². The summed E-state index contributed by atoms with van der Waals surface area (Å²) in [6, 6.07) is 23.8. The molecule has 3 aromatic rings. The fourth-order valence-corrected chi connectivity index (χ4v) is 3.67. The molecule has 0 radical (unpaired) electrons. The lowest BCUT2D eigenvalue weighted by Crippen LogP contribution is -2.45. The lowest BCUT2D eigenvalue weighted by atomic mass is 9.94. The number of esters is 1. The molecule has 0 saturated carbocycles. The fraction of sp³-hybridized carbons (Fsp3) is 0.0741. The molecule has 1 heterocycles. The van der Waals surface area contributed by atoms with Crippen molar-refractivity contribution in [3.8, 4) is 0 Å². The lowest BCUT2D eigenvalue weighted by molar-refractivity contribution is -0.135. The number of ether oxygens (including phenoxy) is 1. The van der Waals surface area contributed by atoms with Crippen LogP contribution in [0.25, 0.3) is 6.08 Å². The van der Waals surface area contributed by atoms with E-state index in [9.17, 15) is 14.4 Å². The summed E-state index contributed by atoms with van der Waals surface area (Å²) in [7, 11) is 0. The molecule has 0 unspecified atom stereocenters. The van der Waals surface area contributed by atoms with Crippen LogP contribution in [-0.2, 0) is 14.3 Å². The zero-order valence-corrected chi connectivity index (χ0v) is 18.3. The van der Waals surface area contributed by atoms with Crippen LogP contribution in [0.3, 0.4) is 0 Å². The average molecular weight is 458 g/mol. The second kappa shape index (κ2) is 10.1. The standard InChI is InChI=1S/C27H20ClNO4/c28-22-14-12-21(13-15-22)27(32)33-26-23(30)17-18-29(25(26)20-9-5-2-6-10-20)24(31)16-11-19-7-3-1-4-8-19/h1-18,25-26H/b16-11+/t25-,26+/m1/s1. The van der Waals surface area contributed by atoms with Gasteiger partial charge < -0.3 is 9.64 Å². The van der Waals surface area contributed by atoms with Gasteiger partial charge in [0.1, 0.15) is 6.04 Å². The van der Waals surface area contributed by atoms with Crippen molar-refractivity contribution in [1.29, 1.82) is 0 Å². The van der Waals surface area contributed by atoms with Crippen LogP contribution in [0.5, 0.6) is 0 Å². The van der Waals surface area contributed by atoms with Crippen molar-refractivity contribution >= 4 is 35.3 Å². The number of benzene rings is 3. The smallest absolute Gasteiger partial charge is 0.338 e. The Morgan fingerprint density at radius 2 is 1.52 bits per heavy atom. The molecule has 0 aliphatic carbocycles. The molecule has 3 aromatic carbocycles. The van der Waals surface area contributed by atoms with E-state index in [-0.39, 0.29) is 11.5 Å². The number of hydrogen-bond acceptors (Lipinski definition) is 4. The van der Waals surface area contributed by atoms with Crippen molar-refractivity contribution in [2.24, 2.45) is 0 Å². The highest BCUT2D eigenvalue weighted by atomic mass is 35.5. The van der Waals surface area contributed by atoms with Gasteiger partial charge in [-0.15, -0.1) is 0 Å². The molecule has 4 rings (SSSR count). The number of ketones is 1. The maximum absolute atomic E-state index is 13.1. The lowest BCUT2D eigenvalue weighted by Gasteiger charge is -2.36. The quantitative estimate of drug-likeness (QED) is 0.388. The molecule has 0 saturated heterocycles. The van der Waals surface area contributed by atoms with Gasteiger partial charge in [-0.2, -0.15) is 0 Å². The third-order valence-corrected chi connectivity index (χ3v) is 5.45. The molecule has 1 aliphatic heterocycles. The van der Waals surface area contributed by atoms with E-state index in [1.165, 1.54) is 35.4 Å². The Labute approximate surface area is 196 Å². The molecule has 0 spiro atoms. The van der Waals surface area contributed by atoms with Crippen LogP contribution < -0.4 is 0 Å². The van der Waals surface area contributed by atoms with E-state index in [2.05, 4.69) is 0 Å². The first-order valence-electron chi connectivity index (χ1n) is 10.3. The van der Waals surface area contributed by atoms with Crippen LogP contribution in [0.4, 0.5) is 0 Å². The van der Waals surface area contributed by atoms with Gasteiger partial charge in [0.25, 0.3) is 5.91 Å². The highest BCUT2D eigenvalue weighted by Gasteiger charge is 2.40. The first-order valence-corrected chi connectivity index (χ1v) is 10.7. The fourth-order valence-electron chi connectivity index (χ4n) is 3.55. The second-order valence-electron chi connectivity index (χ2n) is 7.40. The Morgan fingerprint density at radius 1 is 0.879 bits per heavy atom. The average Bonchev–Trinajstić information content (AvgIpc) is 2.85. The van der Waals surface area contributed by atoms with Crippen LogP contribution in [0.15, 0.2) is 103 Å². The number of nitrogens with zero attached hydrogens (tertiary/aromatic N) is 1. The monoisotopic (exact) mass is 457 g/mol. The van der Waals surface area contributed by atoms with E-state index in [1.807, 2.05) is 36.4 Å². The van der Waals surface area contributed by atoms with E-state index in [0.29, 0.717) is 10.6 Å². The molecule has 0 bridgehead atoms. The number of hydrogen-bond donors (Lipinski definition) is 0. The maximum Gasteiger partial charge on any atom is 0.338 e. The Morgan fingerprint density at radius 3 is 2.18 bits per heavy atom. The van der Waals surface area contributed by atoms with E-state index < -0.39 is 23.9 Å². The van der Waals surface area contributed by atoms with Crippen LogP contribution in [0, 0.1) is 0 Å². The Kier molecular flexibility index (Phi) is 6.81. The minimum Gasteiger partial charge on any atom is -0.448 e. The van der Waals surface area contributed by atoms with Gasteiger partial charge in [-0.1, -0.05) is 72.3 Å². The molecular weight excluding hydrogens is 438 g/mol. The van der Waals surface area contributed by atoms with Crippen molar-refractivity contribution < 1.29 is 19.1 Å². The molecule has 0 fully saturated rings. The van der Waals surface area contributed by atoms with Crippen LogP contribution in [0.1, 0.15) is 27.5 Å². The number of carbonyl (C=O) groups excluding carboxylic acids is 3. The van der Waals surface area contributed by atoms with E-state index in [1.54, 1.807) is 42.5 Å². The van der Waals surface area contributed by atoms with Crippen LogP contribution in [0.2, 0.25) is 5.02 Å². The highest BCUT2D eigenvalue weighted by Crippen LogP contribution is 2.32. The summed E-state index contributed by atoms with van der Waals surface area (Å²) >= 11 is 5.90. The number of rotatable bonds is 5. The first kappa shape index (κ1) is 22.2. The van der Waals surface area contributed by atoms with Crippen molar-refractivity contribution in [3.05, 3.63) is 125 Å².